The number of carbonyl (C=O) groups excluding carboxylic acids is 1. The highest BCUT2D eigenvalue weighted by Crippen LogP contribution is 2.20. The highest BCUT2D eigenvalue weighted by atomic mass is 16.5. The Kier molecular flexibility index (Phi) is 5.60. The maximum absolute atomic E-state index is 12.3. The van der Waals surface area contributed by atoms with Gasteiger partial charge in [0.15, 0.2) is 5.78 Å². The van der Waals surface area contributed by atoms with Crippen molar-refractivity contribution in [3.63, 3.8) is 0 Å². The van der Waals surface area contributed by atoms with Gasteiger partial charge in [0, 0.05) is 5.56 Å². The molecule has 1 aromatic rings. The van der Waals surface area contributed by atoms with Crippen LogP contribution in [0.25, 0.3) is 0 Å². The summed E-state index contributed by atoms with van der Waals surface area (Å²) in [7, 11) is 1.63. The third kappa shape index (κ3) is 4.07. The molecule has 0 radical (unpaired) electrons. The lowest BCUT2D eigenvalue weighted by Crippen LogP contribution is -2.31. The number of hydrogen-bond acceptors (Lipinski definition) is 3. The molecule has 1 aliphatic rings. The van der Waals surface area contributed by atoms with Crippen LogP contribution in [-0.2, 0) is 0 Å². The Bertz CT molecular complexity index is 444. The van der Waals surface area contributed by atoms with Gasteiger partial charge in [-0.05, 0) is 50.4 Å². The van der Waals surface area contributed by atoms with Crippen LogP contribution in [0.1, 0.15) is 43.0 Å². The van der Waals surface area contributed by atoms with E-state index in [4.69, 9.17) is 4.74 Å². The highest BCUT2D eigenvalue weighted by Gasteiger charge is 2.18. The standard InChI is InChI=1S/C17H25NO2/c1-3-14-6-5-10-18(11-9-14)13-17(19)15-7-4-8-16(12-15)20-2/h4,7-8,12,14H,3,5-6,9-11,13H2,1-2H3. The average Bonchev–Trinajstić information content (AvgIpc) is 2.72. The Morgan fingerprint density at radius 3 is 2.95 bits per heavy atom. The van der Waals surface area contributed by atoms with Gasteiger partial charge < -0.3 is 4.74 Å². The first kappa shape index (κ1) is 15.0. The normalized spacial score (nSPS) is 20.4. The summed E-state index contributed by atoms with van der Waals surface area (Å²) in [6.45, 7) is 4.89. The third-order valence-corrected chi connectivity index (χ3v) is 4.28. The second kappa shape index (κ2) is 7.44. The molecule has 1 aromatic carbocycles. The molecule has 0 aliphatic carbocycles. The Morgan fingerprint density at radius 1 is 1.35 bits per heavy atom. The first-order chi connectivity index (χ1) is 9.72. The fourth-order valence-electron chi connectivity index (χ4n) is 2.88. The van der Waals surface area contributed by atoms with Gasteiger partial charge in [-0.25, -0.2) is 0 Å². The van der Waals surface area contributed by atoms with Crippen molar-refractivity contribution in [2.24, 2.45) is 5.92 Å². The molecule has 2 rings (SSSR count). The molecule has 1 aliphatic heterocycles. The van der Waals surface area contributed by atoms with Crippen molar-refractivity contribution in [2.75, 3.05) is 26.7 Å². The Balaban J connectivity index is 1.93. The quantitative estimate of drug-likeness (QED) is 0.771. The van der Waals surface area contributed by atoms with Gasteiger partial charge >= 0.3 is 0 Å². The fraction of sp³-hybridized carbons (Fsp3) is 0.588. The number of rotatable bonds is 5. The lowest BCUT2D eigenvalue weighted by molar-refractivity contribution is 0.0932. The van der Waals surface area contributed by atoms with Gasteiger partial charge in [0.1, 0.15) is 5.75 Å². The van der Waals surface area contributed by atoms with Crippen LogP contribution >= 0.6 is 0 Å². The van der Waals surface area contributed by atoms with Crippen molar-refractivity contribution in [3.8, 4) is 5.75 Å². The van der Waals surface area contributed by atoms with Crippen molar-refractivity contribution < 1.29 is 9.53 Å². The number of nitrogens with zero attached hydrogens (tertiary/aromatic N) is 1. The Labute approximate surface area is 121 Å². The molecular formula is C17H25NO2. The first-order valence-corrected chi connectivity index (χ1v) is 7.62. The highest BCUT2D eigenvalue weighted by molar-refractivity contribution is 5.97. The van der Waals surface area contributed by atoms with Crippen LogP contribution in [-0.4, -0.2) is 37.4 Å². The van der Waals surface area contributed by atoms with Crippen molar-refractivity contribution in [1.82, 2.24) is 4.90 Å². The van der Waals surface area contributed by atoms with E-state index in [1.807, 2.05) is 24.3 Å². The summed E-state index contributed by atoms with van der Waals surface area (Å²) in [6.07, 6.45) is 5.00. The van der Waals surface area contributed by atoms with Crippen LogP contribution < -0.4 is 4.74 Å². The summed E-state index contributed by atoms with van der Waals surface area (Å²) in [5, 5.41) is 0. The lowest BCUT2D eigenvalue weighted by atomic mass is 9.98. The number of ether oxygens (including phenoxy) is 1. The third-order valence-electron chi connectivity index (χ3n) is 4.28. The molecule has 0 saturated carbocycles. The van der Waals surface area contributed by atoms with Gasteiger partial charge in [-0.3, -0.25) is 9.69 Å². The maximum Gasteiger partial charge on any atom is 0.176 e. The van der Waals surface area contributed by atoms with Crippen LogP contribution in [0.3, 0.4) is 0 Å². The Hall–Kier alpha value is -1.35. The molecule has 0 spiro atoms. The molecule has 3 nitrogen and oxygen atoms in total. The average molecular weight is 275 g/mol. The second-order valence-electron chi connectivity index (χ2n) is 5.64. The molecule has 1 saturated heterocycles. The van der Waals surface area contributed by atoms with Gasteiger partial charge in [0.2, 0.25) is 0 Å². The predicted molar refractivity (Wildman–Crippen MR) is 81.4 cm³/mol. The summed E-state index contributed by atoms with van der Waals surface area (Å²) in [6, 6.07) is 7.45. The molecule has 3 heteroatoms. The zero-order chi connectivity index (χ0) is 14.4. The molecule has 0 N–H and O–H groups in total. The number of methoxy groups -OCH3 is 1. The zero-order valence-corrected chi connectivity index (χ0v) is 12.6. The fourth-order valence-corrected chi connectivity index (χ4v) is 2.88. The van der Waals surface area contributed by atoms with Crippen LogP contribution in [0.15, 0.2) is 24.3 Å². The van der Waals surface area contributed by atoms with E-state index in [9.17, 15) is 4.79 Å². The molecule has 0 bridgehead atoms. The zero-order valence-electron chi connectivity index (χ0n) is 12.6. The van der Waals surface area contributed by atoms with Crippen LogP contribution in [0, 0.1) is 5.92 Å². The first-order valence-electron chi connectivity index (χ1n) is 7.62. The summed E-state index contributed by atoms with van der Waals surface area (Å²) in [5.74, 6) is 1.78. The molecule has 20 heavy (non-hydrogen) atoms. The Morgan fingerprint density at radius 2 is 2.20 bits per heavy atom. The second-order valence-corrected chi connectivity index (χ2v) is 5.64. The topological polar surface area (TPSA) is 29.5 Å². The summed E-state index contributed by atoms with van der Waals surface area (Å²) in [5.41, 5.74) is 0.751. The van der Waals surface area contributed by atoms with Gasteiger partial charge in [-0.2, -0.15) is 0 Å². The number of ketones is 1. The van der Waals surface area contributed by atoms with Crippen molar-refractivity contribution in [2.45, 2.75) is 32.6 Å². The van der Waals surface area contributed by atoms with E-state index in [2.05, 4.69) is 11.8 Å². The van der Waals surface area contributed by atoms with E-state index in [0.29, 0.717) is 6.54 Å². The molecule has 1 unspecified atom stereocenters. The van der Waals surface area contributed by atoms with E-state index in [1.54, 1.807) is 7.11 Å². The molecule has 110 valence electrons. The van der Waals surface area contributed by atoms with E-state index < -0.39 is 0 Å². The van der Waals surface area contributed by atoms with Gasteiger partial charge in [-0.1, -0.05) is 25.5 Å². The van der Waals surface area contributed by atoms with Gasteiger partial charge in [0.25, 0.3) is 0 Å². The lowest BCUT2D eigenvalue weighted by Gasteiger charge is -2.19. The van der Waals surface area contributed by atoms with Crippen LogP contribution in [0.4, 0.5) is 0 Å². The molecule has 1 atom stereocenters. The molecular weight excluding hydrogens is 250 g/mol. The van der Waals surface area contributed by atoms with Gasteiger partial charge in [-0.15, -0.1) is 0 Å². The minimum atomic E-state index is 0.193. The number of carbonyl (C=O) groups is 1. The van der Waals surface area contributed by atoms with Crippen molar-refractivity contribution >= 4 is 5.78 Å². The summed E-state index contributed by atoms with van der Waals surface area (Å²) in [4.78, 5) is 14.7. The maximum atomic E-state index is 12.3. The van der Waals surface area contributed by atoms with E-state index >= 15 is 0 Å². The minimum absolute atomic E-state index is 0.193. The largest absolute Gasteiger partial charge is 0.497 e. The van der Waals surface area contributed by atoms with Crippen molar-refractivity contribution in [3.05, 3.63) is 29.8 Å². The number of benzene rings is 1. The number of Topliss-reactive ketones (excluding diaryl/α,β-unsaturated/α-hetero) is 1. The summed E-state index contributed by atoms with van der Waals surface area (Å²) >= 11 is 0. The molecule has 1 heterocycles. The number of likely N-dealkylation sites (tertiary alicyclic amines) is 1. The van der Waals surface area contributed by atoms with Crippen LogP contribution in [0.5, 0.6) is 5.75 Å². The number of hydrogen-bond donors (Lipinski definition) is 0. The monoisotopic (exact) mass is 275 g/mol. The van der Waals surface area contributed by atoms with E-state index in [1.165, 1.54) is 25.7 Å². The van der Waals surface area contributed by atoms with Crippen molar-refractivity contribution in [1.29, 1.82) is 0 Å². The smallest absolute Gasteiger partial charge is 0.176 e. The minimum Gasteiger partial charge on any atom is -0.497 e. The molecule has 0 aromatic heterocycles. The SMILES string of the molecule is CCC1CCCN(CC(=O)c2cccc(OC)c2)CC1. The molecule has 1 fully saturated rings. The van der Waals surface area contributed by atoms with E-state index in [-0.39, 0.29) is 5.78 Å². The van der Waals surface area contributed by atoms with Gasteiger partial charge in [0.05, 0.1) is 13.7 Å². The van der Waals surface area contributed by atoms with Crippen LogP contribution in [0.2, 0.25) is 0 Å². The van der Waals surface area contributed by atoms with E-state index in [0.717, 1.165) is 30.3 Å². The molecule has 0 amide bonds. The predicted octanol–water partition coefficient (Wildman–Crippen LogP) is 3.39. The summed E-state index contributed by atoms with van der Waals surface area (Å²) < 4.78 is 5.18.